The molecule has 110 valence electrons. The summed E-state index contributed by atoms with van der Waals surface area (Å²) >= 11 is 3.26. The van der Waals surface area contributed by atoms with E-state index in [9.17, 15) is 10.1 Å². The number of hydrogen-bond acceptors (Lipinski definition) is 6. The number of nitrogens with zero attached hydrogens (tertiary/aromatic N) is 3. The molecular formula is C13H13BrN4O3. The Bertz CT molecular complexity index is 678. The summed E-state index contributed by atoms with van der Waals surface area (Å²) in [4.78, 5) is 18.9. The Morgan fingerprint density at radius 2 is 2.24 bits per heavy atom. The lowest BCUT2D eigenvalue weighted by atomic mass is 10.3. The highest BCUT2D eigenvalue weighted by atomic mass is 79.9. The lowest BCUT2D eigenvalue weighted by Crippen LogP contribution is -2.04. The van der Waals surface area contributed by atoms with Crippen LogP contribution in [0.15, 0.2) is 28.9 Å². The van der Waals surface area contributed by atoms with E-state index >= 15 is 0 Å². The van der Waals surface area contributed by atoms with Crippen LogP contribution in [0.4, 0.5) is 11.6 Å². The predicted octanol–water partition coefficient (Wildman–Crippen LogP) is 3.68. The second kappa shape index (κ2) is 6.49. The molecule has 1 aromatic carbocycles. The molecule has 0 unspecified atom stereocenters. The number of aryl methyl sites for hydroxylation is 1. The van der Waals surface area contributed by atoms with Crippen molar-refractivity contribution in [3.05, 3.63) is 44.5 Å². The first kappa shape index (κ1) is 15.2. The monoisotopic (exact) mass is 352 g/mol. The molecule has 0 atom stereocenters. The number of nitro groups is 1. The molecule has 0 fully saturated rings. The highest BCUT2D eigenvalue weighted by molar-refractivity contribution is 9.10. The van der Waals surface area contributed by atoms with Crippen LogP contribution in [0.5, 0.6) is 11.6 Å². The Hall–Kier alpha value is -2.22. The van der Waals surface area contributed by atoms with Crippen LogP contribution in [0.25, 0.3) is 0 Å². The van der Waals surface area contributed by atoms with Crippen molar-refractivity contribution in [1.29, 1.82) is 0 Å². The van der Waals surface area contributed by atoms with E-state index in [1.807, 2.05) is 6.92 Å². The van der Waals surface area contributed by atoms with E-state index in [0.29, 0.717) is 22.5 Å². The largest absolute Gasteiger partial charge is 0.430 e. The maximum absolute atomic E-state index is 11.1. The van der Waals surface area contributed by atoms with Crippen molar-refractivity contribution in [3.8, 4) is 11.6 Å². The smallest absolute Gasteiger partial charge is 0.312 e. The van der Waals surface area contributed by atoms with Crippen molar-refractivity contribution in [3.63, 3.8) is 0 Å². The van der Waals surface area contributed by atoms with Gasteiger partial charge in [-0.15, -0.1) is 0 Å². The molecule has 1 N–H and O–H groups in total. The molecule has 0 saturated heterocycles. The Morgan fingerprint density at radius 1 is 1.48 bits per heavy atom. The summed E-state index contributed by atoms with van der Waals surface area (Å²) in [5.41, 5.74) is 0.550. The SMILES string of the molecule is CCNc1ncc(C)c(Oc2c(Br)cccc2[N+](=O)[O-])n1. The van der Waals surface area contributed by atoms with Gasteiger partial charge in [-0.1, -0.05) is 6.07 Å². The summed E-state index contributed by atoms with van der Waals surface area (Å²) in [6.07, 6.45) is 1.60. The minimum atomic E-state index is -0.498. The summed E-state index contributed by atoms with van der Waals surface area (Å²) in [5.74, 6) is 0.801. The first-order valence-corrected chi connectivity index (χ1v) is 7.00. The van der Waals surface area contributed by atoms with Gasteiger partial charge in [0.25, 0.3) is 0 Å². The number of nitro benzene ring substituents is 1. The summed E-state index contributed by atoms with van der Waals surface area (Å²) in [7, 11) is 0. The molecule has 0 aliphatic heterocycles. The zero-order valence-corrected chi connectivity index (χ0v) is 13.0. The summed E-state index contributed by atoms with van der Waals surface area (Å²) in [6, 6.07) is 4.62. The van der Waals surface area contributed by atoms with Crippen LogP contribution >= 0.6 is 15.9 Å². The van der Waals surface area contributed by atoms with Gasteiger partial charge >= 0.3 is 5.69 Å². The Morgan fingerprint density at radius 3 is 2.90 bits per heavy atom. The fraction of sp³-hybridized carbons (Fsp3) is 0.231. The number of benzene rings is 1. The third-order valence-corrected chi connectivity index (χ3v) is 3.23. The molecule has 0 radical (unpaired) electrons. The fourth-order valence-corrected chi connectivity index (χ4v) is 2.05. The minimum absolute atomic E-state index is 0.117. The van der Waals surface area contributed by atoms with E-state index in [4.69, 9.17) is 4.74 Å². The van der Waals surface area contributed by atoms with E-state index in [1.165, 1.54) is 6.07 Å². The predicted molar refractivity (Wildman–Crippen MR) is 81.8 cm³/mol. The lowest BCUT2D eigenvalue weighted by Gasteiger charge is -2.10. The summed E-state index contributed by atoms with van der Waals surface area (Å²) in [6.45, 7) is 4.35. The molecule has 2 aromatic rings. The first-order chi connectivity index (χ1) is 10.0. The molecule has 2 rings (SSSR count). The zero-order chi connectivity index (χ0) is 15.4. The van der Waals surface area contributed by atoms with Crippen molar-refractivity contribution in [2.45, 2.75) is 13.8 Å². The highest BCUT2D eigenvalue weighted by Gasteiger charge is 2.20. The van der Waals surface area contributed by atoms with Gasteiger partial charge in [-0.25, -0.2) is 4.98 Å². The molecule has 0 saturated carbocycles. The van der Waals surface area contributed by atoms with Gasteiger partial charge in [-0.05, 0) is 35.8 Å². The second-order valence-corrected chi connectivity index (χ2v) is 5.01. The maximum Gasteiger partial charge on any atom is 0.312 e. The normalized spacial score (nSPS) is 10.2. The van der Waals surface area contributed by atoms with Gasteiger partial charge < -0.3 is 10.1 Å². The van der Waals surface area contributed by atoms with Gasteiger partial charge in [0.05, 0.1) is 9.40 Å². The van der Waals surface area contributed by atoms with Crippen LogP contribution in [0, 0.1) is 17.0 Å². The average molecular weight is 353 g/mol. The maximum atomic E-state index is 11.1. The third-order valence-electron chi connectivity index (χ3n) is 2.60. The molecular weight excluding hydrogens is 340 g/mol. The molecule has 21 heavy (non-hydrogen) atoms. The molecule has 0 aliphatic rings. The average Bonchev–Trinajstić information content (AvgIpc) is 2.44. The molecule has 0 amide bonds. The minimum Gasteiger partial charge on any atom is -0.430 e. The number of ether oxygens (including phenoxy) is 1. The van der Waals surface area contributed by atoms with Crippen molar-refractivity contribution in [1.82, 2.24) is 9.97 Å². The zero-order valence-electron chi connectivity index (χ0n) is 11.5. The standard InChI is InChI=1S/C13H13BrN4O3/c1-3-15-13-16-7-8(2)12(17-13)21-11-9(14)5-4-6-10(11)18(19)20/h4-7H,3H2,1-2H3,(H,15,16,17). The molecule has 0 aliphatic carbocycles. The second-order valence-electron chi connectivity index (χ2n) is 4.16. The number of nitrogens with one attached hydrogen (secondary N) is 1. The Kier molecular flexibility index (Phi) is 4.69. The Balaban J connectivity index is 2.42. The molecule has 7 nitrogen and oxygen atoms in total. The quantitative estimate of drug-likeness (QED) is 0.651. The fourth-order valence-electron chi connectivity index (χ4n) is 1.61. The number of rotatable bonds is 5. The van der Waals surface area contributed by atoms with Gasteiger partial charge in [-0.2, -0.15) is 4.98 Å². The van der Waals surface area contributed by atoms with Crippen LogP contribution in [0.2, 0.25) is 0 Å². The van der Waals surface area contributed by atoms with Crippen molar-refractivity contribution >= 4 is 27.6 Å². The number of hydrogen-bond donors (Lipinski definition) is 1. The third kappa shape index (κ3) is 3.46. The summed E-state index contributed by atoms with van der Waals surface area (Å²) in [5, 5.41) is 14.0. The summed E-state index contributed by atoms with van der Waals surface area (Å²) < 4.78 is 6.13. The van der Waals surface area contributed by atoms with E-state index < -0.39 is 4.92 Å². The molecule has 8 heteroatoms. The number of aromatic nitrogens is 2. The van der Waals surface area contributed by atoms with Crippen molar-refractivity contribution in [2.75, 3.05) is 11.9 Å². The molecule has 0 bridgehead atoms. The van der Waals surface area contributed by atoms with Crippen LogP contribution in [0.1, 0.15) is 12.5 Å². The van der Waals surface area contributed by atoms with Crippen LogP contribution in [-0.2, 0) is 0 Å². The van der Waals surface area contributed by atoms with Gasteiger partial charge in [0.2, 0.25) is 17.6 Å². The Labute approximate surface area is 129 Å². The molecule has 0 spiro atoms. The molecule has 1 aromatic heterocycles. The van der Waals surface area contributed by atoms with E-state index in [0.717, 1.165) is 0 Å². The highest BCUT2D eigenvalue weighted by Crippen LogP contribution is 2.38. The van der Waals surface area contributed by atoms with Gasteiger partial charge in [0.15, 0.2) is 0 Å². The number of anilines is 1. The first-order valence-electron chi connectivity index (χ1n) is 6.21. The van der Waals surface area contributed by atoms with E-state index in [-0.39, 0.29) is 17.3 Å². The lowest BCUT2D eigenvalue weighted by molar-refractivity contribution is -0.385. The van der Waals surface area contributed by atoms with Crippen LogP contribution in [0.3, 0.4) is 0 Å². The number of para-hydroxylation sites is 1. The number of halogens is 1. The van der Waals surface area contributed by atoms with Crippen molar-refractivity contribution < 1.29 is 9.66 Å². The topological polar surface area (TPSA) is 90.2 Å². The van der Waals surface area contributed by atoms with Gasteiger partial charge in [0, 0.05) is 24.4 Å². The van der Waals surface area contributed by atoms with E-state index in [1.54, 1.807) is 25.3 Å². The van der Waals surface area contributed by atoms with Crippen LogP contribution in [-0.4, -0.2) is 21.4 Å². The van der Waals surface area contributed by atoms with Gasteiger partial charge in [0.1, 0.15) is 0 Å². The van der Waals surface area contributed by atoms with E-state index in [2.05, 4.69) is 31.2 Å². The van der Waals surface area contributed by atoms with Crippen molar-refractivity contribution in [2.24, 2.45) is 0 Å². The molecule has 1 heterocycles. The van der Waals surface area contributed by atoms with Crippen LogP contribution < -0.4 is 10.1 Å². The van der Waals surface area contributed by atoms with Gasteiger partial charge in [-0.3, -0.25) is 10.1 Å².